The van der Waals surface area contributed by atoms with E-state index in [9.17, 15) is 13.2 Å². The van der Waals surface area contributed by atoms with Crippen LogP contribution in [-0.2, 0) is 35.5 Å². The van der Waals surface area contributed by atoms with Crippen molar-refractivity contribution in [2.45, 2.75) is 31.2 Å². The van der Waals surface area contributed by atoms with Gasteiger partial charge in [-0.1, -0.05) is 0 Å². The highest BCUT2D eigenvalue weighted by Crippen LogP contribution is 2.23. The summed E-state index contributed by atoms with van der Waals surface area (Å²) in [5.74, 6) is -0.480. The maximum absolute atomic E-state index is 12.7. The van der Waals surface area contributed by atoms with E-state index >= 15 is 0 Å². The van der Waals surface area contributed by atoms with Crippen LogP contribution in [0.3, 0.4) is 0 Å². The van der Waals surface area contributed by atoms with Crippen LogP contribution in [0.2, 0.25) is 0 Å². The predicted octanol–water partition coefficient (Wildman–Crippen LogP) is 0.179. The van der Waals surface area contributed by atoms with Gasteiger partial charge in [-0.2, -0.15) is 14.5 Å². The molecule has 0 aliphatic carbocycles. The number of sulfonamides is 1. The zero-order chi connectivity index (χ0) is 18.9. The number of nitrogens with one attached hydrogen (secondary N) is 1. The molecular weight excluding hydrogens is 356 g/mol. The monoisotopic (exact) mass is 380 g/mol. The Morgan fingerprint density at radius 2 is 2.08 bits per heavy atom. The molecule has 1 aliphatic heterocycles. The van der Waals surface area contributed by atoms with Crippen LogP contribution >= 0.6 is 0 Å². The Kier molecular flexibility index (Phi) is 5.15. The summed E-state index contributed by atoms with van der Waals surface area (Å²) in [6, 6.07) is 0. The van der Waals surface area contributed by atoms with Gasteiger partial charge in [0.15, 0.2) is 0 Å². The number of nitrogens with zero attached hydrogens (tertiary/aromatic N) is 5. The molecule has 142 valence electrons. The Morgan fingerprint density at radius 3 is 2.69 bits per heavy atom. The second-order valence-corrected chi connectivity index (χ2v) is 8.62. The Labute approximate surface area is 153 Å². The highest BCUT2D eigenvalue weighted by molar-refractivity contribution is 7.89. The van der Waals surface area contributed by atoms with Gasteiger partial charge in [-0.15, -0.1) is 0 Å². The number of hydrogen-bond acceptors (Lipinski definition) is 5. The first kappa shape index (κ1) is 18.6. The van der Waals surface area contributed by atoms with Crippen molar-refractivity contribution in [1.82, 2.24) is 29.2 Å². The molecule has 1 fully saturated rings. The molecule has 1 N–H and O–H groups in total. The highest BCUT2D eigenvalue weighted by atomic mass is 32.2. The third-order valence-electron chi connectivity index (χ3n) is 4.64. The summed E-state index contributed by atoms with van der Waals surface area (Å²) in [6.45, 7) is 2.90. The Balaban J connectivity index is 1.64. The number of rotatable bonds is 5. The van der Waals surface area contributed by atoms with Crippen molar-refractivity contribution in [1.29, 1.82) is 0 Å². The van der Waals surface area contributed by atoms with Crippen molar-refractivity contribution in [2.24, 2.45) is 20.0 Å². The van der Waals surface area contributed by atoms with Crippen LogP contribution < -0.4 is 5.32 Å². The van der Waals surface area contributed by atoms with Crippen molar-refractivity contribution in [3.05, 3.63) is 29.8 Å². The van der Waals surface area contributed by atoms with Crippen molar-refractivity contribution in [2.75, 3.05) is 13.1 Å². The number of aromatic nitrogens is 4. The van der Waals surface area contributed by atoms with E-state index in [1.807, 2.05) is 20.2 Å². The van der Waals surface area contributed by atoms with Gasteiger partial charge in [0.2, 0.25) is 15.9 Å². The molecule has 0 saturated carbocycles. The molecule has 1 amide bonds. The van der Waals surface area contributed by atoms with Crippen LogP contribution in [0.1, 0.15) is 24.1 Å². The summed E-state index contributed by atoms with van der Waals surface area (Å²) in [7, 11) is -0.115. The fourth-order valence-corrected chi connectivity index (χ4v) is 4.71. The molecule has 2 aromatic rings. The van der Waals surface area contributed by atoms with Crippen molar-refractivity contribution in [3.63, 3.8) is 0 Å². The summed E-state index contributed by atoms with van der Waals surface area (Å²) >= 11 is 0. The highest BCUT2D eigenvalue weighted by Gasteiger charge is 2.33. The molecule has 0 bridgehead atoms. The lowest BCUT2D eigenvalue weighted by Crippen LogP contribution is -2.45. The molecule has 10 heteroatoms. The summed E-state index contributed by atoms with van der Waals surface area (Å²) in [5.41, 5.74) is 1.83. The molecule has 0 aromatic carbocycles. The Bertz CT molecular complexity index is 901. The van der Waals surface area contributed by atoms with Gasteiger partial charge in [-0.3, -0.25) is 14.2 Å². The summed E-state index contributed by atoms with van der Waals surface area (Å²) in [4.78, 5) is 12.7. The van der Waals surface area contributed by atoms with E-state index in [-0.39, 0.29) is 23.3 Å². The fourth-order valence-electron chi connectivity index (χ4n) is 3.20. The van der Waals surface area contributed by atoms with E-state index in [0.29, 0.717) is 25.9 Å². The zero-order valence-corrected chi connectivity index (χ0v) is 16.0. The van der Waals surface area contributed by atoms with Crippen LogP contribution in [-0.4, -0.2) is 51.3 Å². The lowest BCUT2D eigenvalue weighted by atomic mass is 9.99. The number of carbonyl (C=O) groups excluding carboxylic acids is 1. The Morgan fingerprint density at radius 1 is 1.31 bits per heavy atom. The molecule has 3 heterocycles. The molecule has 1 aliphatic rings. The minimum absolute atomic E-state index is 0.126. The van der Waals surface area contributed by atoms with Crippen LogP contribution in [0.4, 0.5) is 0 Å². The average Bonchev–Trinajstić information content (AvgIpc) is 3.18. The molecule has 26 heavy (non-hydrogen) atoms. The standard InChI is InChI=1S/C16H24N6O3S/c1-12-14(9-21(3)19-12)7-17-16(23)13-5-4-6-22(10-13)26(24,25)15-8-18-20(2)11-15/h8-9,11,13H,4-7,10H2,1-3H3,(H,17,23). The van der Waals surface area contributed by atoms with Crippen LogP contribution in [0, 0.1) is 12.8 Å². The van der Waals surface area contributed by atoms with Gasteiger partial charge >= 0.3 is 0 Å². The van der Waals surface area contributed by atoms with Crippen molar-refractivity contribution >= 4 is 15.9 Å². The van der Waals surface area contributed by atoms with Gasteiger partial charge in [0.1, 0.15) is 4.90 Å². The minimum atomic E-state index is -3.62. The molecule has 1 atom stereocenters. The molecule has 2 aromatic heterocycles. The number of hydrogen-bond donors (Lipinski definition) is 1. The molecule has 1 unspecified atom stereocenters. The van der Waals surface area contributed by atoms with Gasteiger partial charge in [0, 0.05) is 51.7 Å². The van der Waals surface area contributed by atoms with E-state index in [4.69, 9.17) is 0 Å². The van der Waals surface area contributed by atoms with E-state index in [1.54, 1.807) is 11.7 Å². The van der Waals surface area contributed by atoms with Crippen molar-refractivity contribution < 1.29 is 13.2 Å². The third kappa shape index (κ3) is 3.80. The predicted molar refractivity (Wildman–Crippen MR) is 94.5 cm³/mol. The minimum Gasteiger partial charge on any atom is -0.352 e. The van der Waals surface area contributed by atoms with E-state index in [2.05, 4.69) is 15.5 Å². The first-order valence-corrected chi connectivity index (χ1v) is 9.97. The molecule has 3 rings (SSSR count). The summed E-state index contributed by atoms with van der Waals surface area (Å²) in [6.07, 6.45) is 6.02. The maximum atomic E-state index is 12.7. The van der Waals surface area contributed by atoms with E-state index < -0.39 is 10.0 Å². The lowest BCUT2D eigenvalue weighted by Gasteiger charge is -2.30. The smallest absolute Gasteiger partial charge is 0.246 e. The topological polar surface area (TPSA) is 102 Å². The van der Waals surface area contributed by atoms with E-state index in [0.717, 1.165) is 11.3 Å². The number of aryl methyl sites for hydroxylation is 3. The van der Waals surface area contributed by atoms with Gasteiger partial charge < -0.3 is 5.32 Å². The quantitative estimate of drug-likeness (QED) is 0.797. The zero-order valence-electron chi connectivity index (χ0n) is 15.2. The third-order valence-corrected chi connectivity index (χ3v) is 6.46. The molecule has 0 radical (unpaired) electrons. The fraction of sp³-hybridized carbons (Fsp3) is 0.562. The molecular formula is C16H24N6O3S. The van der Waals surface area contributed by atoms with Gasteiger partial charge in [-0.25, -0.2) is 8.42 Å². The van der Waals surface area contributed by atoms with Gasteiger partial charge in [0.05, 0.1) is 17.8 Å². The van der Waals surface area contributed by atoms with Crippen LogP contribution in [0.15, 0.2) is 23.5 Å². The number of piperidine rings is 1. The largest absolute Gasteiger partial charge is 0.352 e. The van der Waals surface area contributed by atoms with Crippen LogP contribution in [0.5, 0.6) is 0 Å². The van der Waals surface area contributed by atoms with Crippen molar-refractivity contribution in [3.8, 4) is 0 Å². The second-order valence-electron chi connectivity index (χ2n) is 6.68. The van der Waals surface area contributed by atoms with Crippen LogP contribution in [0.25, 0.3) is 0 Å². The van der Waals surface area contributed by atoms with Gasteiger partial charge in [-0.05, 0) is 19.8 Å². The number of carbonyl (C=O) groups is 1. The first-order valence-electron chi connectivity index (χ1n) is 8.53. The van der Waals surface area contributed by atoms with Gasteiger partial charge in [0.25, 0.3) is 0 Å². The second kappa shape index (κ2) is 7.20. The molecule has 9 nitrogen and oxygen atoms in total. The lowest BCUT2D eigenvalue weighted by molar-refractivity contribution is -0.126. The summed E-state index contributed by atoms with van der Waals surface area (Å²) in [5, 5.41) is 11.1. The molecule has 1 saturated heterocycles. The summed E-state index contributed by atoms with van der Waals surface area (Å²) < 4.78 is 30.0. The normalized spacial score (nSPS) is 18.8. The Hall–Kier alpha value is -2.20. The SMILES string of the molecule is Cc1nn(C)cc1CNC(=O)C1CCCN(S(=O)(=O)c2cnn(C)c2)C1. The maximum Gasteiger partial charge on any atom is 0.246 e. The average molecular weight is 380 g/mol. The molecule has 0 spiro atoms. The van der Waals surface area contributed by atoms with E-state index in [1.165, 1.54) is 21.4 Å². The first-order chi connectivity index (χ1) is 12.3. The number of amides is 1.